The summed E-state index contributed by atoms with van der Waals surface area (Å²) < 4.78 is 49.6. The third-order valence-corrected chi connectivity index (χ3v) is 17.5. The molecule has 0 fully saturated rings. The quantitative estimate of drug-likeness (QED) is 0.0131. The van der Waals surface area contributed by atoms with Crippen LogP contribution in [-0.4, -0.2) is 108 Å². The van der Waals surface area contributed by atoms with Crippen molar-refractivity contribution < 1.29 is 61.5 Å². The minimum absolute atomic E-state index is 0.126. The molecule has 0 atom stereocenters. The van der Waals surface area contributed by atoms with Gasteiger partial charge in [-0.05, 0) is 291 Å². The highest BCUT2D eigenvalue weighted by molar-refractivity contribution is 5.93. The molecule has 5 aromatic carbocycles. The van der Waals surface area contributed by atoms with Crippen LogP contribution >= 0.6 is 0 Å². The first-order valence-electron chi connectivity index (χ1n) is 48.5. The number of terminal acetylenes is 2. The van der Waals surface area contributed by atoms with Crippen molar-refractivity contribution in [2.45, 2.75) is 200 Å². The van der Waals surface area contributed by atoms with Crippen LogP contribution in [0.4, 0.5) is 4.39 Å². The number of benzene rings is 5. The van der Waals surface area contributed by atoms with E-state index in [1.165, 1.54) is 42.0 Å². The van der Waals surface area contributed by atoms with E-state index < -0.39 is 0 Å². The fraction of sp³-hybridized carbons (Fsp3) is 0.331. The first-order chi connectivity index (χ1) is 72.1. The van der Waals surface area contributed by atoms with Gasteiger partial charge in [0.05, 0.1) is 46.2 Å². The number of hydrogen-bond acceptors (Lipinski definition) is 13. The third-order valence-electron chi connectivity index (χ3n) is 17.5. The van der Waals surface area contributed by atoms with Crippen molar-refractivity contribution in [3.05, 3.63) is 209 Å². The predicted octanol–water partition coefficient (Wildman–Crippen LogP) is 21.7. The Morgan fingerprint density at radius 3 is 0.753 bits per heavy atom. The molecular weight excluding hydrogens is 1860 g/mol. The molecule has 0 aromatic heterocycles. The third kappa shape index (κ3) is 101. The second-order valence-electron chi connectivity index (χ2n) is 36.9. The van der Waals surface area contributed by atoms with Gasteiger partial charge in [-0.3, -0.25) is 4.79 Å². The van der Waals surface area contributed by atoms with Crippen molar-refractivity contribution in [1.29, 1.82) is 0 Å². The maximum absolute atomic E-state index is 12.7. The van der Waals surface area contributed by atoms with Gasteiger partial charge in [0, 0.05) is 222 Å². The maximum Gasteiger partial charge on any atom is 0.330 e. The Labute approximate surface area is 897 Å². The number of esters is 4. The molecule has 0 amide bonds. The Morgan fingerprint density at radius 2 is 0.487 bits per heavy atom. The molecule has 0 aliphatic heterocycles. The number of ether oxygens (including phenoxy) is 7. The van der Waals surface area contributed by atoms with E-state index in [1.807, 2.05) is 128 Å². The van der Waals surface area contributed by atoms with Gasteiger partial charge in [0.1, 0.15) is 12.4 Å². The predicted molar refractivity (Wildman–Crippen MR) is 610 cm³/mol. The van der Waals surface area contributed by atoms with Crippen LogP contribution in [0.3, 0.4) is 0 Å². The van der Waals surface area contributed by atoms with Gasteiger partial charge in [-0.25, -0.2) is 23.6 Å². The number of ketones is 1. The molecule has 5 aromatic rings. The number of aryl methyl sites for hydroxylation is 1. The highest BCUT2D eigenvalue weighted by Gasteiger charge is 2.14. The number of carbonyl (C=O) groups excluding carboxylic acids is 5. The molecule has 0 saturated carbocycles. The van der Waals surface area contributed by atoms with Gasteiger partial charge in [-0.15, -0.1) is 12.8 Å². The lowest BCUT2D eigenvalue weighted by Crippen LogP contribution is -2.38. The molecule has 5 rings (SSSR count). The summed E-state index contributed by atoms with van der Waals surface area (Å²) in [5.74, 6) is 107. The van der Waals surface area contributed by atoms with Crippen LogP contribution in [0.2, 0.25) is 0 Å². The maximum atomic E-state index is 12.7. The number of hydrogen-bond donors (Lipinski definition) is 1. The van der Waals surface area contributed by atoms with Crippen LogP contribution in [0.15, 0.2) is 170 Å². The molecule has 0 heterocycles. The molecule has 150 heavy (non-hydrogen) atoms. The normalized spacial score (nSPS) is 9.38. The lowest BCUT2D eigenvalue weighted by atomic mass is 9.90. The zero-order chi connectivity index (χ0) is 111. The smallest absolute Gasteiger partial charge is 0.330 e. The summed E-state index contributed by atoms with van der Waals surface area (Å²) in [4.78, 5) is 57.7. The molecule has 0 aliphatic carbocycles. The van der Waals surface area contributed by atoms with Crippen LogP contribution in [0.5, 0.6) is 0 Å². The average Bonchev–Trinajstić information content (AvgIpc) is 0.928. The van der Waals surface area contributed by atoms with Crippen LogP contribution in [0.25, 0.3) is 30.4 Å². The Morgan fingerprint density at radius 1 is 0.260 bits per heavy atom. The summed E-state index contributed by atoms with van der Waals surface area (Å²) in [5, 5.41) is 3.36. The Balaban J connectivity index is 0.00000185. The second-order valence-corrected chi connectivity index (χ2v) is 36.9. The molecule has 0 saturated heterocycles. The van der Waals surface area contributed by atoms with Crippen LogP contribution in [0.1, 0.15) is 221 Å². The highest BCUT2D eigenvalue weighted by atomic mass is 19.1. The fourth-order valence-corrected chi connectivity index (χ4v) is 10.4. The minimum Gasteiger partial charge on any atom is -0.463 e. The number of carbonyl (C=O) groups is 5. The van der Waals surface area contributed by atoms with Crippen molar-refractivity contribution in [2.24, 2.45) is 21.7 Å². The van der Waals surface area contributed by atoms with Gasteiger partial charge >= 0.3 is 23.9 Å². The van der Waals surface area contributed by atoms with E-state index in [0.29, 0.717) is 94.1 Å². The largest absolute Gasteiger partial charge is 0.463 e. The number of halogens is 1. The van der Waals surface area contributed by atoms with Crippen molar-refractivity contribution in [3.8, 4) is 273 Å². The van der Waals surface area contributed by atoms with Crippen molar-refractivity contribution in [1.82, 2.24) is 5.32 Å². The Hall–Kier alpha value is -18.0. The monoisotopic (exact) mass is 1990 g/mol. The summed E-state index contributed by atoms with van der Waals surface area (Å²) in [7, 11) is 0. The van der Waals surface area contributed by atoms with Crippen molar-refractivity contribution in [3.63, 3.8) is 0 Å². The van der Waals surface area contributed by atoms with Gasteiger partial charge in [-0.2, -0.15) is 0 Å². The van der Waals surface area contributed by atoms with Gasteiger partial charge in [-0.1, -0.05) is 222 Å². The van der Waals surface area contributed by atoms with E-state index in [9.17, 15) is 28.4 Å². The first-order valence-corrected chi connectivity index (χ1v) is 48.5. The van der Waals surface area contributed by atoms with Crippen LogP contribution in [-0.2, 0) is 57.1 Å². The number of allylic oxidation sites excluding steroid dienone is 1. The molecule has 1 N–H and O–H groups in total. The second kappa shape index (κ2) is 89.8. The van der Waals surface area contributed by atoms with Gasteiger partial charge < -0.3 is 38.5 Å². The number of rotatable bonds is 38. The van der Waals surface area contributed by atoms with E-state index >= 15 is 0 Å². The molecule has 0 unspecified atom stereocenters. The molecule has 0 aliphatic rings. The van der Waals surface area contributed by atoms with Gasteiger partial charge in [0.25, 0.3) is 0 Å². The topological polar surface area (TPSA) is 162 Å². The summed E-state index contributed by atoms with van der Waals surface area (Å²) in [5.41, 5.74) is 7.54. The molecule has 13 nitrogen and oxygen atoms in total. The van der Waals surface area contributed by atoms with E-state index in [2.05, 4.69) is 370 Å². The average molecular weight is 1990 g/mol. The summed E-state index contributed by atoms with van der Waals surface area (Å²) >= 11 is 0. The molecule has 0 spiro atoms. The lowest BCUT2D eigenvalue weighted by Gasteiger charge is -2.20. The van der Waals surface area contributed by atoms with Gasteiger partial charge in [0.15, 0.2) is 5.78 Å². The summed E-state index contributed by atoms with van der Waals surface area (Å²) in [6, 6.07) is 43.2. The van der Waals surface area contributed by atoms with E-state index in [4.69, 9.17) is 46.0 Å². The van der Waals surface area contributed by atoms with Crippen LogP contribution in [0, 0.1) is 308 Å². The highest BCUT2D eigenvalue weighted by Crippen LogP contribution is 2.24. The van der Waals surface area contributed by atoms with Crippen molar-refractivity contribution in [2.75, 3.05) is 72.6 Å². The lowest BCUT2D eigenvalue weighted by molar-refractivity contribution is -0.139. The van der Waals surface area contributed by atoms with Crippen molar-refractivity contribution >= 4 is 60.0 Å². The van der Waals surface area contributed by atoms with E-state index in [1.54, 1.807) is 42.5 Å². The number of unbranched alkanes of at least 4 members (excludes halogenated alkanes) is 3. The fourth-order valence-electron chi connectivity index (χ4n) is 10.4. The zero-order valence-electron chi connectivity index (χ0n) is 89.5. The molecule has 760 valence electrons. The molecule has 0 bridgehead atoms. The standard InChI is InChI=1S/C46H2.C20H31NO3.C18H26O3.C18H26O2.C17H23FO2.C17H24O2/c1-3-5-7-9-11-13-15-17-19-21-23-25-27-29-31-33-35-37-39-41-43-45-46-44-42-40-38-36-34-32-30-28-26-24-22-20-18-16-14-12-10-8-6-4-2;1-20(2,3)21-13-15-24-17-16-23-14-7-10-19(22)12-11-18-8-5-4-6-9-18;1-18(2,3)12-7-13-20-14-15-21-17(19)11-10-16-8-5-4-6-9-16;1-15-7-9-16(10-8-15)11-12-17(19)20-14-6-5-13-18(2,3)4;1-17(2,3)12-4-5-13-20-16(19)11-8-14-6-9-15(18)10-7-14;1-17(2,3)13-7-8-14-19-16(18)12-11-15-9-5-4-6-10-15/h1-2H;4-6,8-9,11-12,21H,7,10,13-17H2,1-3H3;4-6,8-11H,7,12-15H2,1-3H3;7-12H,5-6,13-14H2,1-4H3;6-11H,4-5,12-13H2,1-3H3;4-6,9-12H,7-8,13-14H2,1-3H3/b;12-11+;11-10+;12-11+;11-8+;12-11+. The van der Waals surface area contributed by atoms with E-state index in [0.717, 1.165) is 111 Å². The summed E-state index contributed by atoms with van der Waals surface area (Å²) in [6.45, 7) is 41.2. The molecule has 0 radical (unpaired) electrons. The first kappa shape index (κ1) is 132. The van der Waals surface area contributed by atoms with E-state index in [-0.39, 0.29) is 41.0 Å². The van der Waals surface area contributed by atoms with Gasteiger partial charge in [0.2, 0.25) is 0 Å². The van der Waals surface area contributed by atoms with Crippen LogP contribution < -0.4 is 5.32 Å². The Bertz CT molecular complexity index is 6510. The summed E-state index contributed by atoms with van der Waals surface area (Å²) in [6.07, 6.45) is 38.9. The zero-order valence-corrected chi connectivity index (χ0v) is 89.5. The SMILES string of the molecule is C#CC#CC#CC#CC#CC#CC#CC#CC#CC#CC#CC#CC#CC#CC#CC#CC#CC#CC#CC#CC#CC#CC#C.CC(C)(C)CCCCOC(=O)/C=C/c1ccc(F)cc1.CC(C)(C)CCCCOC(=O)/C=C/c1ccccc1.CC(C)(C)CCCOCCOC(=O)/C=C/c1ccccc1.CC(C)(C)NCCOCCOCCCC(=O)/C=C/c1ccccc1.Cc1ccc(/C=C/C(=O)OCCCCC(C)(C)C)cc1. The minimum atomic E-state index is -0.356. The Kier molecular flexibility index (Phi) is 79.0. The number of nitrogens with one attached hydrogen (secondary N) is 1. The molecule has 14 heteroatoms. The molecular formula is C136H132FNO12.